The molecule has 2 heterocycles. The molecule has 0 saturated carbocycles. The Kier molecular flexibility index (Phi) is 4.41. The van der Waals surface area contributed by atoms with E-state index >= 15 is 0 Å². The van der Waals surface area contributed by atoms with Gasteiger partial charge in [0, 0.05) is 31.3 Å². The molecule has 0 saturated heterocycles. The van der Waals surface area contributed by atoms with Crippen LogP contribution in [0.5, 0.6) is 0 Å². The van der Waals surface area contributed by atoms with Crippen LogP contribution in [-0.2, 0) is 12.8 Å². The summed E-state index contributed by atoms with van der Waals surface area (Å²) in [5.74, 6) is 1.42. The van der Waals surface area contributed by atoms with Crippen LogP contribution in [0.15, 0.2) is 29.0 Å². The van der Waals surface area contributed by atoms with E-state index in [2.05, 4.69) is 27.4 Å². The van der Waals surface area contributed by atoms with E-state index in [1.165, 1.54) is 0 Å². The first kappa shape index (κ1) is 12.7. The van der Waals surface area contributed by atoms with E-state index in [0.29, 0.717) is 18.4 Å². The van der Waals surface area contributed by atoms with Gasteiger partial charge in [-0.05, 0) is 32.0 Å². The molecule has 0 radical (unpaired) electrons. The van der Waals surface area contributed by atoms with E-state index in [-0.39, 0.29) is 0 Å². The van der Waals surface area contributed by atoms with Gasteiger partial charge in [-0.25, -0.2) is 0 Å². The first-order valence-corrected chi connectivity index (χ1v) is 6.15. The minimum Gasteiger partial charge on any atom is -0.339 e. The first-order chi connectivity index (χ1) is 8.78. The van der Waals surface area contributed by atoms with Crippen LogP contribution in [0.1, 0.15) is 30.6 Å². The fourth-order valence-electron chi connectivity index (χ4n) is 1.63. The Balaban J connectivity index is 1.90. The van der Waals surface area contributed by atoms with Crippen LogP contribution < -0.4 is 5.32 Å². The lowest BCUT2D eigenvalue weighted by atomic mass is 10.2. The van der Waals surface area contributed by atoms with Gasteiger partial charge in [0.05, 0.1) is 0 Å². The second-order valence-electron chi connectivity index (χ2n) is 4.37. The molecule has 0 bridgehead atoms. The van der Waals surface area contributed by atoms with Crippen molar-refractivity contribution in [3.05, 3.63) is 41.8 Å². The normalized spacial score (nSPS) is 12.6. The maximum absolute atomic E-state index is 5.22. The van der Waals surface area contributed by atoms with Crippen molar-refractivity contribution in [1.82, 2.24) is 20.4 Å². The van der Waals surface area contributed by atoms with Gasteiger partial charge in [0.15, 0.2) is 5.82 Å². The van der Waals surface area contributed by atoms with Crippen molar-refractivity contribution in [3.63, 3.8) is 0 Å². The molecule has 2 aromatic rings. The zero-order chi connectivity index (χ0) is 12.8. The summed E-state index contributed by atoms with van der Waals surface area (Å²) in [6.45, 7) is 2.13. The van der Waals surface area contributed by atoms with E-state index < -0.39 is 0 Å². The molecule has 0 amide bonds. The summed E-state index contributed by atoms with van der Waals surface area (Å²) in [4.78, 5) is 8.44. The second-order valence-corrected chi connectivity index (χ2v) is 4.37. The molecular formula is C13H18N4O. The zero-order valence-electron chi connectivity index (χ0n) is 10.8. The zero-order valence-corrected chi connectivity index (χ0v) is 10.8. The predicted molar refractivity (Wildman–Crippen MR) is 68.2 cm³/mol. The van der Waals surface area contributed by atoms with E-state index in [1.54, 1.807) is 6.20 Å². The van der Waals surface area contributed by atoms with Gasteiger partial charge < -0.3 is 9.84 Å². The fraction of sp³-hybridized carbons (Fsp3) is 0.462. The molecule has 18 heavy (non-hydrogen) atoms. The van der Waals surface area contributed by atoms with Crippen molar-refractivity contribution in [3.8, 4) is 0 Å². The number of aryl methyl sites for hydroxylation is 1. The van der Waals surface area contributed by atoms with Crippen molar-refractivity contribution in [2.45, 2.75) is 32.2 Å². The van der Waals surface area contributed by atoms with Gasteiger partial charge in [0.2, 0.25) is 5.89 Å². The third-order valence-corrected chi connectivity index (χ3v) is 2.88. The summed E-state index contributed by atoms with van der Waals surface area (Å²) in [7, 11) is 1.95. The van der Waals surface area contributed by atoms with Gasteiger partial charge in [0.1, 0.15) is 0 Å². The highest BCUT2D eigenvalue weighted by Crippen LogP contribution is 2.07. The second kappa shape index (κ2) is 6.26. The van der Waals surface area contributed by atoms with Gasteiger partial charge in [0.25, 0.3) is 0 Å². The van der Waals surface area contributed by atoms with Crippen LogP contribution in [0, 0.1) is 0 Å². The smallest absolute Gasteiger partial charge is 0.226 e. The Bertz CT molecular complexity index is 469. The lowest BCUT2D eigenvalue weighted by molar-refractivity contribution is 0.365. The van der Waals surface area contributed by atoms with Gasteiger partial charge in [-0.15, -0.1) is 0 Å². The average molecular weight is 246 g/mol. The molecule has 0 aliphatic carbocycles. The highest BCUT2D eigenvalue weighted by atomic mass is 16.5. The molecule has 5 heteroatoms. The number of aromatic nitrogens is 3. The standard InChI is InChI=1S/C13H18N4O/c1-10(14-2)5-6-13-16-12(17-18-13)8-11-4-3-7-15-9-11/h3-4,7,9-10,14H,5-6,8H2,1-2H3. The molecule has 1 unspecified atom stereocenters. The number of hydrogen-bond donors (Lipinski definition) is 1. The molecule has 0 spiro atoms. The summed E-state index contributed by atoms with van der Waals surface area (Å²) >= 11 is 0. The van der Waals surface area contributed by atoms with Crippen molar-refractivity contribution in [2.24, 2.45) is 0 Å². The topological polar surface area (TPSA) is 63.8 Å². The third kappa shape index (κ3) is 3.63. The van der Waals surface area contributed by atoms with Gasteiger partial charge in [-0.2, -0.15) is 4.98 Å². The number of nitrogens with zero attached hydrogens (tertiary/aromatic N) is 3. The number of rotatable bonds is 6. The van der Waals surface area contributed by atoms with Crippen LogP contribution in [0.25, 0.3) is 0 Å². The largest absolute Gasteiger partial charge is 0.339 e. The van der Waals surface area contributed by atoms with Crippen molar-refractivity contribution >= 4 is 0 Å². The maximum Gasteiger partial charge on any atom is 0.226 e. The molecule has 1 N–H and O–H groups in total. The Morgan fingerprint density at radius 3 is 3.06 bits per heavy atom. The summed E-state index contributed by atoms with van der Waals surface area (Å²) in [5.41, 5.74) is 1.09. The van der Waals surface area contributed by atoms with E-state index in [1.807, 2.05) is 25.4 Å². The number of hydrogen-bond acceptors (Lipinski definition) is 5. The Morgan fingerprint density at radius 1 is 1.44 bits per heavy atom. The SMILES string of the molecule is CNC(C)CCc1nc(Cc2cccnc2)no1. The van der Waals surface area contributed by atoms with Gasteiger partial charge >= 0.3 is 0 Å². The molecular weight excluding hydrogens is 228 g/mol. The van der Waals surface area contributed by atoms with Crippen LogP contribution in [-0.4, -0.2) is 28.2 Å². The Hall–Kier alpha value is -1.75. The minimum atomic E-state index is 0.457. The summed E-state index contributed by atoms with van der Waals surface area (Å²) in [5, 5.41) is 7.16. The van der Waals surface area contributed by atoms with Gasteiger partial charge in [-0.1, -0.05) is 11.2 Å². The average Bonchev–Trinajstić information content (AvgIpc) is 2.85. The highest BCUT2D eigenvalue weighted by Gasteiger charge is 2.08. The lowest BCUT2D eigenvalue weighted by Gasteiger charge is -2.06. The predicted octanol–water partition coefficient (Wildman–Crippen LogP) is 1.60. The summed E-state index contributed by atoms with van der Waals surface area (Å²) in [6.07, 6.45) is 6.04. The third-order valence-electron chi connectivity index (χ3n) is 2.88. The molecule has 2 aromatic heterocycles. The minimum absolute atomic E-state index is 0.457. The molecule has 0 aliphatic heterocycles. The molecule has 0 fully saturated rings. The summed E-state index contributed by atoms with van der Waals surface area (Å²) in [6, 6.07) is 4.37. The van der Waals surface area contributed by atoms with Crippen molar-refractivity contribution in [1.29, 1.82) is 0 Å². The van der Waals surface area contributed by atoms with Crippen LogP contribution >= 0.6 is 0 Å². The Morgan fingerprint density at radius 2 is 2.33 bits per heavy atom. The van der Waals surface area contributed by atoms with E-state index in [9.17, 15) is 0 Å². The Labute approximate surface area is 107 Å². The van der Waals surface area contributed by atoms with E-state index in [0.717, 1.165) is 24.2 Å². The van der Waals surface area contributed by atoms with Crippen LogP contribution in [0.3, 0.4) is 0 Å². The number of nitrogens with one attached hydrogen (secondary N) is 1. The quantitative estimate of drug-likeness (QED) is 0.838. The molecule has 96 valence electrons. The van der Waals surface area contributed by atoms with E-state index in [4.69, 9.17) is 4.52 Å². The molecule has 5 nitrogen and oxygen atoms in total. The van der Waals surface area contributed by atoms with Gasteiger partial charge in [-0.3, -0.25) is 4.98 Å². The molecule has 0 aromatic carbocycles. The highest BCUT2D eigenvalue weighted by molar-refractivity contribution is 5.13. The maximum atomic E-state index is 5.22. The molecule has 2 rings (SSSR count). The monoisotopic (exact) mass is 246 g/mol. The van der Waals surface area contributed by atoms with Crippen molar-refractivity contribution < 1.29 is 4.52 Å². The molecule has 1 atom stereocenters. The van der Waals surface area contributed by atoms with Crippen LogP contribution in [0.2, 0.25) is 0 Å². The van der Waals surface area contributed by atoms with Crippen molar-refractivity contribution in [2.75, 3.05) is 7.05 Å². The first-order valence-electron chi connectivity index (χ1n) is 6.15. The lowest BCUT2D eigenvalue weighted by Crippen LogP contribution is -2.21. The fourth-order valence-corrected chi connectivity index (χ4v) is 1.63. The molecule has 0 aliphatic rings. The summed E-state index contributed by atoms with van der Waals surface area (Å²) < 4.78 is 5.22. The van der Waals surface area contributed by atoms with Crippen LogP contribution in [0.4, 0.5) is 0 Å². The number of pyridine rings is 1.